The number of hydrogen-bond donors (Lipinski definition) is 1. The average Bonchev–Trinajstić information content (AvgIpc) is 3.54. The quantitative estimate of drug-likeness (QED) is 0.157. The van der Waals surface area contributed by atoms with Crippen LogP contribution in [-0.4, -0.2) is 59.3 Å². The van der Waals surface area contributed by atoms with Crippen molar-refractivity contribution in [3.05, 3.63) is 100 Å². The summed E-state index contributed by atoms with van der Waals surface area (Å²) in [5.74, 6) is 0.440. The molecule has 1 aliphatic heterocycles. The van der Waals surface area contributed by atoms with Gasteiger partial charge in [0, 0.05) is 36.3 Å². The first-order chi connectivity index (χ1) is 22.1. The SMILES string of the molecule is CC(=O)c1nn(CC(=O)N2C(C(=O)Nc3cc(Cc4ccccc4)cc(Br)n3)C[C@H](C)[C@H]2C)c2ccc(-c3cnc(C)nc3)cc12. The Hall–Kier alpha value is -4.77. The molecule has 4 heterocycles. The van der Waals surface area contributed by atoms with Gasteiger partial charge in [-0.3, -0.25) is 19.1 Å². The van der Waals surface area contributed by atoms with Crippen molar-refractivity contribution in [1.29, 1.82) is 0 Å². The smallest absolute Gasteiger partial charge is 0.248 e. The van der Waals surface area contributed by atoms with Crippen LogP contribution in [0.1, 0.15) is 54.6 Å². The maximum atomic E-state index is 14.0. The number of benzene rings is 2. The van der Waals surface area contributed by atoms with E-state index in [0.717, 1.165) is 22.3 Å². The molecule has 0 saturated carbocycles. The van der Waals surface area contributed by atoms with Gasteiger partial charge in [-0.25, -0.2) is 15.0 Å². The second-order valence-corrected chi connectivity index (χ2v) is 12.7. The minimum Gasteiger partial charge on any atom is -0.326 e. The summed E-state index contributed by atoms with van der Waals surface area (Å²) in [5.41, 5.74) is 4.73. The van der Waals surface area contributed by atoms with Gasteiger partial charge < -0.3 is 10.2 Å². The molecule has 1 N–H and O–H groups in total. The molecule has 1 unspecified atom stereocenters. The number of Topliss-reactive ketones (excluding diaryl/α,β-unsaturated/α-hetero) is 1. The molecule has 0 aliphatic carbocycles. The Morgan fingerprint density at radius 1 is 0.957 bits per heavy atom. The highest BCUT2D eigenvalue weighted by atomic mass is 79.9. The van der Waals surface area contributed by atoms with Crippen LogP contribution in [0, 0.1) is 12.8 Å². The monoisotopic (exact) mass is 679 g/mol. The summed E-state index contributed by atoms with van der Waals surface area (Å²) in [7, 11) is 0. The third-order valence-corrected chi connectivity index (χ3v) is 9.03. The number of likely N-dealkylation sites (tertiary alicyclic amines) is 1. The minimum absolute atomic E-state index is 0.102. The molecule has 46 heavy (non-hydrogen) atoms. The lowest BCUT2D eigenvalue weighted by atomic mass is 10.0. The molecule has 234 valence electrons. The van der Waals surface area contributed by atoms with Crippen LogP contribution in [-0.2, 0) is 22.6 Å². The van der Waals surface area contributed by atoms with E-state index in [4.69, 9.17) is 0 Å². The third kappa shape index (κ3) is 6.46. The first-order valence-electron chi connectivity index (χ1n) is 15.2. The summed E-state index contributed by atoms with van der Waals surface area (Å²) in [4.78, 5) is 55.0. The zero-order valence-corrected chi connectivity index (χ0v) is 27.7. The molecular formula is C35H34BrN7O3. The molecule has 0 radical (unpaired) electrons. The Balaban J connectivity index is 1.24. The molecule has 10 nitrogen and oxygen atoms in total. The topological polar surface area (TPSA) is 123 Å². The number of pyridine rings is 1. The Labute approximate surface area is 275 Å². The number of ketones is 1. The highest BCUT2D eigenvalue weighted by Gasteiger charge is 2.43. The largest absolute Gasteiger partial charge is 0.326 e. The number of rotatable bonds is 8. The Morgan fingerprint density at radius 3 is 2.41 bits per heavy atom. The standard InChI is InChI=1S/C35H34BrN7O3/c1-20-12-30(35(46)40-32-15-25(14-31(36)39-32)13-24-8-6-5-7-9-24)43(21(20)2)33(45)19-42-29-11-10-26(27-17-37-23(4)38-18-27)16-28(29)34(41-42)22(3)44/h5-11,14-18,20-21,30H,12-13,19H2,1-4H3,(H,39,40,46)/t20-,21+,30?/m0/s1. The molecule has 3 atom stereocenters. The van der Waals surface area contributed by atoms with Gasteiger partial charge in [0.25, 0.3) is 0 Å². The van der Waals surface area contributed by atoms with E-state index in [0.29, 0.717) is 40.0 Å². The summed E-state index contributed by atoms with van der Waals surface area (Å²) in [6, 6.07) is 18.6. The van der Waals surface area contributed by atoms with E-state index in [1.165, 1.54) is 6.92 Å². The summed E-state index contributed by atoms with van der Waals surface area (Å²) >= 11 is 3.48. The van der Waals surface area contributed by atoms with Gasteiger partial charge in [-0.15, -0.1) is 0 Å². The van der Waals surface area contributed by atoms with Crippen molar-refractivity contribution in [2.45, 2.75) is 59.2 Å². The van der Waals surface area contributed by atoms with Crippen LogP contribution in [0.2, 0.25) is 0 Å². The van der Waals surface area contributed by atoms with E-state index in [1.54, 1.807) is 22.0 Å². The number of carbonyl (C=O) groups is 3. The molecular weight excluding hydrogens is 646 g/mol. The molecule has 6 rings (SSSR count). The van der Waals surface area contributed by atoms with Crippen molar-refractivity contribution in [3.63, 3.8) is 0 Å². The Bertz CT molecular complexity index is 1940. The van der Waals surface area contributed by atoms with Crippen molar-refractivity contribution >= 4 is 50.2 Å². The van der Waals surface area contributed by atoms with Crippen LogP contribution < -0.4 is 5.32 Å². The third-order valence-electron chi connectivity index (χ3n) is 8.62. The molecule has 1 saturated heterocycles. The normalized spacial score (nSPS) is 17.8. The number of aryl methyl sites for hydroxylation is 1. The fourth-order valence-electron chi connectivity index (χ4n) is 6.10. The van der Waals surface area contributed by atoms with Gasteiger partial charge in [-0.2, -0.15) is 5.10 Å². The van der Waals surface area contributed by atoms with Gasteiger partial charge in [-0.1, -0.05) is 43.3 Å². The van der Waals surface area contributed by atoms with Crippen LogP contribution >= 0.6 is 15.9 Å². The lowest BCUT2D eigenvalue weighted by Crippen LogP contribution is -2.47. The van der Waals surface area contributed by atoms with Crippen molar-refractivity contribution in [1.82, 2.24) is 29.6 Å². The van der Waals surface area contributed by atoms with Crippen molar-refractivity contribution in [2.75, 3.05) is 5.32 Å². The van der Waals surface area contributed by atoms with Gasteiger partial charge in [0.05, 0.1) is 5.52 Å². The van der Waals surface area contributed by atoms with Crippen molar-refractivity contribution in [3.8, 4) is 11.1 Å². The number of fused-ring (bicyclic) bond motifs is 1. The van der Waals surface area contributed by atoms with Crippen LogP contribution in [0.15, 0.2) is 77.7 Å². The maximum absolute atomic E-state index is 14.0. The highest BCUT2D eigenvalue weighted by Crippen LogP contribution is 2.32. The van der Waals surface area contributed by atoms with E-state index < -0.39 is 6.04 Å². The fourth-order valence-corrected chi connectivity index (χ4v) is 6.59. The molecule has 0 bridgehead atoms. The second-order valence-electron chi connectivity index (χ2n) is 11.9. The first-order valence-corrected chi connectivity index (χ1v) is 16.0. The van der Waals surface area contributed by atoms with E-state index in [2.05, 4.69) is 53.4 Å². The molecule has 1 fully saturated rings. The minimum atomic E-state index is -0.682. The fraction of sp³-hybridized carbons (Fsp3) is 0.286. The first kappa shape index (κ1) is 31.2. The maximum Gasteiger partial charge on any atom is 0.248 e. The molecule has 0 spiro atoms. The number of carbonyl (C=O) groups excluding carboxylic acids is 3. The van der Waals surface area contributed by atoms with Crippen LogP contribution in [0.4, 0.5) is 5.82 Å². The Kier molecular flexibility index (Phi) is 8.77. The lowest BCUT2D eigenvalue weighted by molar-refractivity contribution is -0.139. The predicted molar refractivity (Wildman–Crippen MR) is 179 cm³/mol. The molecule has 5 aromatic rings. The van der Waals surface area contributed by atoms with Crippen LogP contribution in [0.3, 0.4) is 0 Å². The molecule has 1 aliphatic rings. The van der Waals surface area contributed by atoms with E-state index in [1.807, 2.05) is 69.3 Å². The Morgan fingerprint density at radius 2 is 1.70 bits per heavy atom. The number of anilines is 1. The predicted octanol–water partition coefficient (Wildman–Crippen LogP) is 6.02. The van der Waals surface area contributed by atoms with Crippen LogP contribution in [0.5, 0.6) is 0 Å². The van der Waals surface area contributed by atoms with Gasteiger partial charge in [-0.05, 0) is 89.5 Å². The summed E-state index contributed by atoms with van der Waals surface area (Å²) in [6.07, 6.45) is 4.68. The van der Waals surface area contributed by atoms with Gasteiger partial charge in [0.15, 0.2) is 5.78 Å². The number of nitrogens with one attached hydrogen (secondary N) is 1. The number of hydrogen-bond acceptors (Lipinski definition) is 7. The summed E-state index contributed by atoms with van der Waals surface area (Å²) < 4.78 is 2.17. The van der Waals surface area contributed by atoms with Gasteiger partial charge in [0.1, 0.15) is 34.5 Å². The number of halogens is 1. The number of aromatic nitrogens is 5. The molecule has 11 heteroatoms. The molecule has 3 aromatic heterocycles. The zero-order valence-electron chi connectivity index (χ0n) is 26.1. The second kappa shape index (κ2) is 12.9. The van der Waals surface area contributed by atoms with E-state index >= 15 is 0 Å². The van der Waals surface area contributed by atoms with E-state index in [9.17, 15) is 14.4 Å². The van der Waals surface area contributed by atoms with Crippen molar-refractivity contribution in [2.24, 2.45) is 5.92 Å². The average molecular weight is 681 g/mol. The summed E-state index contributed by atoms with van der Waals surface area (Å²) in [5, 5.41) is 8.16. The number of amides is 2. The lowest BCUT2D eigenvalue weighted by Gasteiger charge is -2.28. The zero-order chi connectivity index (χ0) is 32.5. The van der Waals surface area contributed by atoms with Gasteiger partial charge in [0.2, 0.25) is 11.8 Å². The highest BCUT2D eigenvalue weighted by molar-refractivity contribution is 9.10. The van der Waals surface area contributed by atoms with Crippen LogP contribution in [0.25, 0.3) is 22.0 Å². The number of nitrogens with zero attached hydrogens (tertiary/aromatic N) is 6. The van der Waals surface area contributed by atoms with Gasteiger partial charge >= 0.3 is 0 Å². The summed E-state index contributed by atoms with van der Waals surface area (Å²) in [6.45, 7) is 7.16. The molecule has 2 amide bonds. The van der Waals surface area contributed by atoms with Crippen molar-refractivity contribution < 1.29 is 14.4 Å². The van der Waals surface area contributed by atoms with E-state index in [-0.39, 0.29) is 41.8 Å². The molecule has 2 aromatic carbocycles.